The van der Waals surface area contributed by atoms with Gasteiger partial charge in [0.25, 0.3) is 11.7 Å². The molecule has 1 aliphatic heterocycles. The molecule has 0 aliphatic carbocycles. The third kappa shape index (κ3) is 2.69. The van der Waals surface area contributed by atoms with Crippen LogP contribution in [-0.4, -0.2) is 35.9 Å². The number of hydrogen-bond donors (Lipinski definition) is 2. The Morgan fingerprint density at radius 2 is 2.19 bits per heavy atom. The van der Waals surface area contributed by atoms with Crippen LogP contribution in [0.15, 0.2) is 24.3 Å². The fraction of sp³-hybridized carbons (Fsp3) is 0.375. The molecule has 1 saturated heterocycles. The van der Waals surface area contributed by atoms with E-state index in [0.717, 1.165) is 30.4 Å². The van der Waals surface area contributed by atoms with Gasteiger partial charge in [-0.2, -0.15) is 0 Å². The van der Waals surface area contributed by atoms with E-state index in [9.17, 15) is 9.59 Å². The van der Waals surface area contributed by atoms with E-state index in [4.69, 9.17) is 4.74 Å². The molecule has 0 saturated carbocycles. The lowest BCUT2D eigenvalue weighted by atomic mass is 10.1. The van der Waals surface area contributed by atoms with Crippen molar-refractivity contribution in [1.29, 1.82) is 0 Å². The Labute approximate surface area is 122 Å². The summed E-state index contributed by atoms with van der Waals surface area (Å²) in [5.74, 6) is -1.07. The van der Waals surface area contributed by atoms with Gasteiger partial charge in [-0.1, -0.05) is 18.2 Å². The lowest BCUT2D eigenvalue weighted by Crippen LogP contribution is -2.36. The van der Waals surface area contributed by atoms with Gasteiger partial charge in [0.2, 0.25) is 0 Å². The van der Waals surface area contributed by atoms with Crippen molar-refractivity contribution in [3.8, 4) is 0 Å². The monoisotopic (exact) mass is 286 g/mol. The molecule has 2 aromatic rings. The van der Waals surface area contributed by atoms with Gasteiger partial charge in [-0.3, -0.25) is 9.59 Å². The number of aryl methyl sites for hydroxylation is 1. The van der Waals surface area contributed by atoms with E-state index < -0.39 is 11.7 Å². The number of para-hydroxylation sites is 1. The second kappa shape index (κ2) is 5.69. The summed E-state index contributed by atoms with van der Waals surface area (Å²) < 4.78 is 5.44. The molecule has 2 heterocycles. The molecule has 1 aliphatic rings. The van der Waals surface area contributed by atoms with Crippen molar-refractivity contribution in [3.63, 3.8) is 0 Å². The minimum Gasteiger partial charge on any atom is -0.376 e. The smallest absolute Gasteiger partial charge is 0.292 e. The Balaban J connectivity index is 1.76. The zero-order valence-corrected chi connectivity index (χ0v) is 11.9. The van der Waals surface area contributed by atoms with E-state index in [2.05, 4.69) is 10.3 Å². The molecule has 0 radical (unpaired) electrons. The van der Waals surface area contributed by atoms with Gasteiger partial charge in [0.15, 0.2) is 0 Å². The third-order valence-corrected chi connectivity index (χ3v) is 3.84. The SMILES string of the molecule is Cc1[nH]c2ccccc2c1C(=O)C(=O)NC[C@H]1CCCO1. The molecule has 1 aromatic carbocycles. The van der Waals surface area contributed by atoms with Crippen LogP contribution >= 0.6 is 0 Å². The highest BCUT2D eigenvalue weighted by Gasteiger charge is 2.24. The number of H-pyrrole nitrogens is 1. The largest absolute Gasteiger partial charge is 0.376 e. The van der Waals surface area contributed by atoms with Gasteiger partial charge < -0.3 is 15.0 Å². The standard InChI is InChI=1S/C16H18N2O3/c1-10-14(12-6-2-3-7-13(12)18-10)15(19)16(20)17-9-11-5-4-8-21-11/h2-3,6-7,11,18H,4-5,8-9H2,1H3,(H,17,20)/t11-/m1/s1. The molecule has 2 N–H and O–H groups in total. The van der Waals surface area contributed by atoms with E-state index in [-0.39, 0.29) is 6.10 Å². The summed E-state index contributed by atoms with van der Waals surface area (Å²) in [7, 11) is 0. The van der Waals surface area contributed by atoms with Crippen molar-refractivity contribution in [3.05, 3.63) is 35.5 Å². The van der Waals surface area contributed by atoms with Crippen LogP contribution in [0.3, 0.4) is 0 Å². The highest BCUT2D eigenvalue weighted by atomic mass is 16.5. The van der Waals surface area contributed by atoms with Crippen molar-refractivity contribution < 1.29 is 14.3 Å². The molecule has 0 spiro atoms. The lowest BCUT2D eigenvalue weighted by Gasteiger charge is -2.10. The highest BCUT2D eigenvalue weighted by molar-refractivity contribution is 6.45. The van der Waals surface area contributed by atoms with Gasteiger partial charge in [0, 0.05) is 29.7 Å². The fourth-order valence-electron chi connectivity index (χ4n) is 2.77. The summed E-state index contributed by atoms with van der Waals surface area (Å²) >= 11 is 0. The summed E-state index contributed by atoms with van der Waals surface area (Å²) in [6.45, 7) is 2.93. The molecule has 5 nitrogen and oxygen atoms in total. The average Bonchev–Trinajstić information content (AvgIpc) is 3.10. The molecular weight excluding hydrogens is 268 g/mol. The minimum absolute atomic E-state index is 0.0332. The van der Waals surface area contributed by atoms with Crippen molar-refractivity contribution in [2.24, 2.45) is 0 Å². The van der Waals surface area contributed by atoms with Crippen LogP contribution in [0.25, 0.3) is 10.9 Å². The number of benzene rings is 1. The topological polar surface area (TPSA) is 71.2 Å². The van der Waals surface area contributed by atoms with Crippen molar-refractivity contribution in [2.45, 2.75) is 25.9 Å². The quantitative estimate of drug-likeness (QED) is 0.666. The number of ether oxygens (including phenoxy) is 1. The molecule has 3 rings (SSSR count). The maximum absolute atomic E-state index is 12.4. The van der Waals surface area contributed by atoms with Crippen LogP contribution in [0.2, 0.25) is 0 Å². The number of fused-ring (bicyclic) bond motifs is 1. The Kier molecular flexibility index (Phi) is 3.75. The Hall–Kier alpha value is -2.14. The number of ketones is 1. The van der Waals surface area contributed by atoms with Crippen LogP contribution in [0.1, 0.15) is 28.9 Å². The molecule has 110 valence electrons. The molecule has 0 bridgehead atoms. The minimum atomic E-state index is -0.571. The summed E-state index contributed by atoms with van der Waals surface area (Å²) in [6, 6.07) is 7.49. The van der Waals surface area contributed by atoms with Crippen LogP contribution in [0.4, 0.5) is 0 Å². The Morgan fingerprint density at radius 3 is 2.95 bits per heavy atom. The van der Waals surface area contributed by atoms with Crippen LogP contribution in [-0.2, 0) is 9.53 Å². The number of aromatic nitrogens is 1. The number of carbonyl (C=O) groups is 2. The van der Waals surface area contributed by atoms with Gasteiger partial charge in [-0.25, -0.2) is 0 Å². The van der Waals surface area contributed by atoms with E-state index >= 15 is 0 Å². The second-order valence-corrected chi connectivity index (χ2v) is 5.34. The average molecular weight is 286 g/mol. The fourth-order valence-corrected chi connectivity index (χ4v) is 2.77. The first-order chi connectivity index (χ1) is 10.2. The molecular formula is C16H18N2O3. The zero-order chi connectivity index (χ0) is 14.8. The number of carbonyl (C=O) groups excluding carboxylic acids is 2. The first kappa shape index (κ1) is 13.8. The van der Waals surface area contributed by atoms with Crippen LogP contribution in [0.5, 0.6) is 0 Å². The molecule has 5 heteroatoms. The molecule has 0 unspecified atom stereocenters. The van der Waals surface area contributed by atoms with E-state index in [1.165, 1.54) is 0 Å². The molecule has 1 amide bonds. The van der Waals surface area contributed by atoms with Crippen molar-refractivity contribution in [2.75, 3.05) is 13.2 Å². The van der Waals surface area contributed by atoms with Crippen molar-refractivity contribution >= 4 is 22.6 Å². The predicted octanol–water partition coefficient (Wildman–Crippen LogP) is 1.95. The highest BCUT2D eigenvalue weighted by Crippen LogP contribution is 2.22. The number of nitrogens with one attached hydrogen (secondary N) is 2. The zero-order valence-electron chi connectivity index (χ0n) is 11.9. The van der Waals surface area contributed by atoms with E-state index in [1.54, 1.807) is 6.92 Å². The number of amides is 1. The molecule has 21 heavy (non-hydrogen) atoms. The van der Waals surface area contributed by atoms with Crippen LogP contribution in [0, 0.1) is 6.92 Å². The Bertz CT molecular complexity index is 684. The van der Waals surface area contributed by atoms with E-state index in [0.29, 0.717) is 17.8 Å². The van der Waals surface area contributed by atoms with Gasteiger partial charge >= 0.3 is 0 Å². The predicted molar refractivity (Wildman–Crippen MR) is 79.3 cm³/mol. The summed E-state index contributed by atoms with van der Waals surface area (Å²) in [6.07, 6.45) is 1.97. The normalized spacial score (nSPS) is 18.0. The maximum Gasteiger partial charge on any atom is 0.292 e. The van der Waals surface area contributed by atoms with Gasteiger partial charge in [0.1, 0.15) is 0 Å². The number of rotatable bonds is 4. The third-order valence-electron chi connectivity index (χ3n) is 3.84. The van der Waals surface area contributed by atoms with Crippen LogP contribution < -0.4 is 5.32 Å². The molecule has 1 atom stereocenters. The number of Topliss-reactive ketones (excluding diaryl/α,β-unsaturated/α-hetero) is 1. The Morgan fingerprint density at radius 1 is 1.38 bits per heavy atom. The molecule has 1 aromatic heterocycles. The van der Waals surface area contributed by atoms with Crippen molar-refractivity contribution in [1.82, 2.24) is 10.3 Å². The molecule has 1 fully saturated rings. The first-order valence-electron chi connectivity index (χ1n) is 7.18. The summed E-state index contributed by atoms with van der Waals surface area (Å²) in [4.78, 5) is 27.6. The van der Waals surface area contributed by atoms with Gasteiger partial charge in [0.05, 0.1) is 11.7 Å². The van der Waals surface area contributed by atoms with Gasteiger partial charge in [-0.05, 0) is 25.8 Å². The summed E-state index contributed by atoms with van der Waals surface area (Å²) in [5, 5.41) is 3.46. The maximum atomic E-state index is 12.4. The summed E-state index contributed by atoms with van der Waals surface area (Å²) in [5.41, 5.74) is 2.04. The first-order valence-corrected chi connectivity index (χ1v) is 7.18. The van der Waals surface area contributed by atoms with Gasteiger partial charge in [-0.15, -0.1) is 0 Å². The second-order valence-electron chi connectivity index (χ2n) is 5.34. The lowest BCUT2D eigenvalue weighted by molar-refractivity contribution is -0.117. The number of hydrogen-bond acceptors (Lipinski definition) is 3. The number of aromatic amines is 1. The van der Waals surface area contributed by atoms with E-state index in [1.807, 2.05) is 24.3 Å².